The summed E-state index contributed by atoms with van der Waals surface area (Å²) in [5.41, 5.74) is 11.3. The first-order valence-electron chi connectivity index (χ1n) is 6.45. The lowest BCUT2D eigenvalue weighted by Gasteiger charge is -2.15. The van der Waals surface area contributed by atoms with Crippen LogP contribution in [0.2, 0.25) is 0 Å². The van der Waals surface area contributed by atoms with Gasteiger partial charge in [0.25, 0.3) is 0 Å². The zero-order valence-corrected chi connectivity index (χ0v) is 10.3. The minimum Gasteiger partial charge on any atom is -0.324 e. The SMILES string of the molecule is CC1(C)CC1C(N)c1ccc2c(c1)CCC2. The van der Waals surface area contributed by atoms with Gasteiger partial charge < -0.3 is 5.73 Å². The molecule has 0 saturated heterocycles. The molecule has 0 bridgehead atoms. The molecule has 16 heavy (non-hydrogen) atoms. The van der Waals surface area contributed by atoms with Gasteiger partial charge >= 0.3 is 0 Å². The molecule has 0 radical (unpaired) electrons. The molecule has 2 aliphatic carbocycles. The third-order valence-corrected chi connectivity index (χ3v) is 4.53. The van der Waals surface area contributed by atoms with E-state index in [1.165, 1.54) is 31.2 Å². The van der Waals surface area contributed by atoms with Gasteiger partial charge in [-0.05, 0) is 53.7 Å². The maximum Gasteiger partial charge on any atom is 0.0328 e. The number of nitrogens with two attached hydrogens (primary N) is 1. The van der Waals surface area contributed by atoms with Crippen molar-refractivity contribution in [2.75, 3.05) is 0 Å². The predicted molar refractivity (Wildman–Crippen MR) is 67.3 cm³/mol. The fourth-order valence-electron chi connectivity index (χ4n) is 3.15. The van der Waals surface area contributed by atoms with Crippen LogP contribution >= 0.6 is 0 Å². The zero-order chi connectivity index (χ0) is 11.3. The molecule has 1 aromatic rings. The van der Waals surface area contributed by atoms with Gasteiger partial charge in [0.05, 0.1) is 0 Å². The first-order valence-corrected chi connectivity index (χ1v) is 6.45. The Kier molecular flexibility index (Phi) is 2.16. The number of fused-ring (bicyclic) bond motifs is 1. The van der Waals surface area contributed by atoms with Crippen molar-refractivity contribution in [1.29, 1.82) is 0 Å². The lowest BCUT2D eigenvalue weighted by atomic mass is 9.95. The van der Waals surface area contributed by atoms with Crippen LogP contribution in [0, 0.1) is 11.3 Å². The standard InChI is InChI=1S/C15H21N/c1-15(2)9-13(15)14(16)12-7-6-10-4-3-5-11(10)8-12/h6-8,13-14H,3-5,9,16H2,1-2H3. The number of benzene rings is 1. The number of rotatable bonds is 2. The van der Waals surface area contributed by atoms with Crippen LogP contribution in [0.5, 0.6) is 0 Å². The average molecular weight is 215 g/mol. The van der Waals surface area contributed by atoms with E-state index in [4.69, 9.17) is 5.73 Å². The molecule has 0 spiro atoms. The molecule has 1 saturated carbocycles. The van der Waals surface area contributed by atoms with Gasteiger partial charge in [0.1, 0.15) is 0 Å². The number of aryl methyl sites for hydroxylation is 2. The Labute approximate surface area is 98.0 Å². The molecule has 1 heteroatoms. The molecule has 0 heterocycles. The van der Waals surface area contributed by atoms with Crippen LogP contribution in [-0.2, 0) is 12.8 Å². The second-order valence-electron chi connectivity index (χ2n) is 6.21. The molecule has 2 atom stereocenters. The minimum absolute atomic E-state index is 0.251. The summed E-state index contributed by atoms with van der Waals surface area (Å²) in [5.74, 6) is 0.687. The van der Waals surface area contributed by atoms with Gasteiger partial charge in [0.15, 0.2) is 0 Å². The monoisotopic (exact) mass is 215 g/mol. The highest BCUT2D eigenvalue weighted by Crippen LogP contribution is 2.57. The summed E-state index contributed by atoms with van der Waals surface area (Å²) in [5, 5.41) is 0. The topological polar surface area (TPSA) is 26.0 Å². The van der Waals surface area contributed by atoms with Crippen LogP contribution < -0.4 is 5.73 Å². The van der Waals surface area contributed by atoms with Crippen LogP contribution in [0.3, 0.4) is 0 Å². The fraction of sp³-hybridized carbons (Fsp3) is 0.600. The summed E-state index contributed by atoms with van der Waals surface area (Å²) in [6, 6.07) is 7.17. The second-order valence-corrected chi connectivity index (χ2v) is 6.21. The van der Waals surface area contributed by atoms with Crippen LogP contribution in [0.25, 0.3) is 0 Å². The van der Waals surface area contributed by atoms with Gasteiger partial charge in [0.2, 0.25) is 0 Å². The maximum absolute atomic E-state index is 6.37. The molecule has 86 valence electrons. The van der Waals surface area contributed by atoms with Crippen molar-refractivity contribution in [3.05, 3.63) is 34.9 Å². The molecule has 2 unspecified atom stereocenters. The summed E-state index contributed by atoms with van der Waals surface area (Å²) in [6.45, 7) is 4.65. The van der Waals surface area contributed by atoms with Crippen molar-refractivity contribution < 1.29 is 0 Å². The van der Waals surface area contributed by atoms with Crippen LogP contribution in [0.1, 0.15) is 49.4 Å². The molecular formula is C15H21N. The van der Waals surface area contributed by atoms with Crippen molar-refractivity contribution in [3.63, 3.8) is 0 Å². The van der Waals surface area contributed by atoms with E-state index >= 15 is 0 Å². The quantitative estimate of drug-likeness (QED) is 0.805. The Balaban J connectivity index is 1.85. The molecule has 0 aromatic heterocycles. The van der Waals surface area contributed by atoms with Crippen molar-refractivity contribution in [2.45, 2.75) is 45.6 Å². The predicted octanol–water partition coefficient (Wildman–Crippen LogP) is 3.22. The van der Waals surface area contributed by atoms with E-state index in [-0.39, 0.29) is 6.04 Å². The largest absolute Gasteiger partial charge is 0.324 e. The molecule has 3 rings (SSSR count). The highest BCUT2D eigenvalue weighted by Gasteiger charge is 2.49. The van der Waals surface area contributed by atoms with Crippen molar-refractivity contribution in [3.8, 4) is 0 Å². The highest BCUT2D eigenvalue weighted by molar-refractivity contribution is 5.37. The maximum atomic E-state index is 6.37. The number of hydrogen-bond acceptors (Lipinski definition) is 1. The second kappa shape index (κ2) is 3.33. The highest BCUT2D eigenvalue weighted by atomic mass is 14.7. The molecule has 2 N–H and O–H groups in total. The summed E-state index contributed by atoms with van der Waals surface area (Å²) in [7, 11) is 0. The molecule has 1 aromatic carbocycles. The van der Waals surface area contributed by atoms with E-state index in [0.717, 1.165) is 0 Å². The number of hydrogen-bond donors (Lipinski definition) is 1. The molecule has 0 amide bonds. The van der Waals surface area contributed by atoms with Crippen LogP contribution in [0.4, 0.5) is 0 Å². The molecule has 0 aliphatic heterocycles. The Bertz CT molecular complexity index is 419. The molecule has 2 aliphatic rings. The van der Waals surface area contributed by atoms with Crippen LogP contribution in [0.15, 0.2) is 18.2 Å². The van der Waals surface area contributed by atoms with Gasteiger partial charge in [0, 0.05) is 6.04 Å². The van der Waals surface area contributed by atoms with E-state index < -0.39 is 0 Å². The summed E-state index contributed by atoms with van der Waals surface area (Å²) >= 11 is 0. The van der Waals surface area contributed by atoms with Crippen molar-refractivity contribution in [1.82, 2.24) is 0 Å². The average Bonchev–Trinajstić information content (AvgIpc) is 2.72. The minimum atomic E-state index is 0.251. The third kappa shape index (κ3) is 1.58. The van der Waals surface area contributed by atoms with Crippen LogP contribution in [-0.4, -0.2) is 0 Å². The summed E-state index contributed by atoms with van der Waals surface area (Å²) in [4.78, 5) is 0. The van der Waals surface area contributed by atoms with Crippen molar-refractivity contribution >= 4 is 0 Å². The third-order valence-electron chi connectivity index (χ3n) is 4.53. The smallest absolute Gasteiger partial charge is 0.0328 e. The summed E-state index contributed by atoms with van der Waals surface area (Å²) < 4.78 is 0. The summed E-state index contributed by atoms with van der Waals surface area (Å²) in [6.07, 6.45) is 5.12. The molecule has 1 nitrogen and oxygen atoms in total. The molecular weight excluding hydrogens is 194 g/mol. The van der Waals surface area contributed by atoms with E-state index in [2.05, 4.69) is 32.0 Å². The van der Waals surface area contributed by atoms with Gasteiger partial charge in [-0.15, -0.1) is 0 Å². The van der Waals surface area contributed by atoms with E-state index in [1.807, 2.05) is 0 Å². The lowest BCUT2D eigenvalue weighted by Crippen LogP contribution is -2.15. The normalized spacial score (nSPS) is 27.6. The Morgan fingerprint density at radius 3 is 2.62 bits per heavy atom. The lowest BCUT2D eigenvalue weighted by molar-refractivity contribution is 0.491. The van der Waals surface area contributed by atoms with Gasteiger partial charge in [-0.25, -0.2) is 0 Å². The van der Waals surface area contributed by atoms with Gasteiger partial charge in [-0.3, -0.25) is 0 Å². The first kappa shape index (κ1) is 10.3. The first-order chi connectivity index (χ1) is 7.58. The fourth-order valence-corrected chi connectivity index (χ4v) is 3.15. The molecule has 1 fully saturated rings. The Hall–Kier alpha value is -0.820. The Morgan fingerprint density at radius 2 is 1.94 bits per heavy atom. The van der Waals surface area contributed by atoms with Gasteiger partial charge in [-0.1, -0.05) is 32.0 Å². The van der Waals surface area contributed by atoms with E-state index in [0.29, 0.717) is 11.3 Å². The Morgan fingerprint density at radius 1 is 1.25 bits per heavy atom. The zero-order valence-electron chi connectivity index (χ0n) is 10.3. The van der Waals surface area contributed by atoms with Gasteiger partial charge in [-0.2, -0.15) is 0 Å². The van der Waals surface area contributed by atoms with E-state index in [9.17, 15) is 0 Å². The van der Waals surface area contributed by atoms with Crippen molar-refractivity contribution in [2.24, 2.45) is 17.1 Å². The van der Waals surface area contributed by atoms with E-state index in [1.54, 1.807) is 11.1 Å².